The molecule has 6 nitrogen and oxygen atoms in total. The Balaban J connectivity index is 2.30. The number of sulfonamides is 2. The summed E-state index contributed by atoms with van der Waals surface area (Å²) in [5, 5.41) is 0. The molecule has 0 radical (unpaired) electrons. The summed E-state index contributed by atoms with van der Waals surface area (Å²) in [7, 11) is -7.56. The van der Waals surface area contributed by atoms with Gasteiger partial charge in [0.2, 0.25) is 20.0 Å². The molecule has 2 aromatic rings. The van der Waals surface area contributed by atoms with Gasteiger partial charge in [-0.25, -0.2) is 21.6 Å². The zero-order valence-corrected chi connectivity index (χ0v) is 23.3. The van der Waals surface area contributed by atoms with Crippen molar-refractivity contribution < 1.29 is 16.8 Å². The molecule has 184 valence electrons. The first-order chi connectivity index (χ1) is 15.8. The summed E-state index contributed by atoms with van der Waals surface area (Å²) in [5.74, 6) is 0. The normalized spacial score (nSPS) is 13.6. The molecule has 34 heavy (non-hydrogen) atoms. The Morgan fingerprint density at radius 1 is 1.06 bits per heavy atom. The van der Waals surface area contributed by atoms with Crippen LogP contribution in [0.3, 0.4) is 0 Å². The number of halogens is 1. The van der Waals surface area contributed by atoms with Gasteiger partial charge in [0.1, 0.15) is 0 Å². The lowest BCUT2D eigenvalue weighted by Gasteiger charge is -2.28. The summed E-state index contributed by atoms with van der Waals surface area (Å²) < 4.78 is 56.7. The van der Waals surface area contributed by atoms with Crippen LogP contribution in [-0.2, 0) is 20.0 Å². The lowest BCUT2D eigenvalue weighted by molar-refractivity contribution is 0.405. The molecule has 1 atom stereocenters. The van der Waals surface area contributed by atoms with E-state index in [1.165, 1.54) is 4.31 Å². The second-order valence-electron chi connectivity index (χ2n) is 8.21. The zero-order valence-electron chi connectivity index (χ0n) is 20.1. The Kier molecular flexibility index (Phi) is 9.65. The average molecular weight is 568 g/mol. The highest BCUT2D eigenvalue weighted by Gasteiger charge is 2.31. The smallest absolute Gasteiger partial charge is 0.207 e. The molecule has 0 fully saturated rings. The maximum absolute atomic E-state index is 13.7. The number of aryl methyl sites for hydroxylation is 4. The summed E-state index contributed by atoms with van der Waals surface area (Å²) in [5.41, 5.74) is 5.95. The van der Waals surface area contributed by atoms with E-state index in [0.29, 0.717) is 15.6 Å². The van der Waals surface area contributed by atoms with E-state index in [9.17, 15) is 16.8 Å². The highest BCUT2D eigenvalue weighted by atomic mass is 79.9. The van der Waals surface area contributed by atoms with Crippen LogP contribution in [0.25, 0.3) is 0 Å². The van der Waals surface area contributed by atoms with Crippen molar-refractivity contribution in [2.75, 3.05) is 13.1 Å². The average Bonchev–Trinajstić information content (AvgIpc) is 2.71. The molecule has 0 aliphatic heterocycles. The van der Waals surface area contributed by atoms with Crippen LogP contribution in [-0.4, -0.2) is 40.3 Å². The van der Waals surface area contributed by atoms with Crippen molar-refractivity contribution >= 4 is 36.0 Å². The molecule has 1 N–H and O–H groups in total. The molecule has 0 heterocycles. The number of rotatable bonds is 10. The van der Waals surface area contributed by atoms with E-state index < -0.39 is 26.1 Å². The fourth-order valence-electron chi connectivity index (χ4n) is 3.67. The highest BCUT2D eigenvalue weighted by molar-refractivity contribution is 9.11. The van der Waals surface area contributed by atoms with Crippen molar-refractivity contribution in [2.24, 2.45) is 0 Å². The van der Waals surface area contributed by atoms with Gasteiger partial charge in [0, 0.05) is 23.6 Å². The van der Waals surface area contributed by atoms with E-state index in [1.54, 1.807) is 57.2 Å². The molecular weight excluding hydrogens is 536 g/mol. The first kappa shape index (κ1) is 28.2. The van der Waals surface area contributed by atoms with Gasteiger partial charge in [0.25, 0.3) is 0 Å². The Morgan fingerprint density at radius 3 is 2.15 bits per heavy atom. The quantitative estimate of drug-likeness (QED) is 0.414. The first-order valence-corrected chi connectivity index (χ1v) is 14.4. The van der Waals surface area contributed by atoms with Crippen LogP contribution in [0, 0.1) is 27.7 Å². The van der Waals surface area contributed by atoms with E-state index in [1.807, 2.05) is 26.0 Å². The molecule has 2 aromatic carbocycles. The van der Waals surface area contributed by atoms with Gasteiger partial charge < -0.3 is 0 Å². The summed E-state index contributed by atoms with van der Waals surface area (Å²) in [6.45, 7) is 12.7. The van der Waals surface area contributed by atoms with Crippen LogP contribution in [0.2, 0.25) is 0 Å². The van der Waals surface area contributed by atoms with Crippen molar-refractivity contribution in [1.29, 1.82) is 0 Å². The van der Waals surface area contributed by atoms with Crippen LogP contribution in [0.5, 0.6) is 0 Å². The molecule has 0 unspecified atom stereocenters. The van der Waals surface area contributed by atoms with Crippen LogP contribution >= 0.6 is 15.9 Å². The molecule has 9 heteroatoms. The number of nitrogens with zero attached hydrogens (tertiary/aromatic N) is 1. The number of nitrogens with one attached hydrogen (secondary N) is 1. The van der Waals surface area contributed by atoms with E-state index >= 15 is 0 Å². The Bertz CT molecular complexity index is 1300. The SMILES string of the molecule is C=C=C[C@H](C)N(C/C(Br)=C/CNS(=O)(=O)c1ccc(C)cc1)S(=O)(=O)c1c(C)cc(C)cc1C. The molecule has 2 rings (SSSR count). The molecule has 0 bridgehead atoms. The monoisotopic (exact) mass is 566 g/mol. The van der Waals surface area contributed by atoms with E-state index in [0.717, 1.165) is 11.1 Å². The molecule has 0 aromatic heterocycles. The predicted molar refractivity (Wildman–Crippen MR) is 141 cm³/mol. The Morgan fingerprint density at radius 2 is 1.62 bits per heavy atom. The first-order valence-electron chi connectivity index (χ1n) is 10.7. The van der Waals surface area contributed by atoms with Crippen molar-refractivity contribution in [3.05, 3.63) is 87.6 Å². The Labute approximate surface area is 212 Å². The second kappa shape index (κ2) is 11.6. The summed E-state index contributed by atoms with van der Waals surface area (Å²) >= 11 is 3.42. The number of hydrogen-bond donors (Lipinski definition) is 1. The Hall–Kier alpha value is -2.00. The van der Waals surface area contributed by atoms with Gasteiger partial charge in [-0.2, -0.15) is 4.31 Å². The largest absolute Gasteiger partial charge is 0.244 e. The van der Waals surface area contributed by atoms with Gasteiger partial charge in [-0.3, -0.25) is 0 Å². The van der Waals surface area contributed by atoms with Crippen molar-refractivity contribution in [3.8, 4) is 0 Å². The van der Waals surface area contributed by atoms with Crippen molar-refractivity contribution in [2.45, 2.75) is 50.5 Å². The fraction of sp³-hybridized carbons (Fsp3) is 0.320. The molecule has 0 amide bonds. The standard InChI is InChI=1S/C25H31BrN2O4S2/c1-7-8-22(6)28(34(31,32)25-20(4)15-19(3)16-21(25)5)17-23(26)13-14-27-33(29,30)24-11-9-18(2)10-12-24/h8-13,15-16,22,27H,1,14,17H2,2-6H3/b23-13-/t22-/m0/s1. The third kappa shape index (κ3) is 7.01. The van der Waals surface area contributed by atoms with Crippen molar-refractivity contribution in [1.82, 2.24) is 9.03 Å². The van der Waals surface area contributed by atoms with E-state index in [-0.39, 0.29) is 22.9 Å². The predicted octanol–water partition coefficient (Wildman–Crippen LogP) is 4.90. The van der Waals surface area contributed by atoms with Gasteiger partial charge in [-0.05, 0) is 64.0 Å². The minimum Gasteiger partial charge on any atom is -0.207 e. The minimum absolute atomic E-state index is 0.00105. The fourth-order valence-corrected chi connectivity index (χ4v) is 7.20. The third-order valence-corrected chi connectivity index (χ3v) is 9.47. The summed E-state index contributed by atoms with van der Waals surface area (Å²) in [6, 6.07) is 9.71. The van der Waals surface area contributed by atoms with Crippen LogP contribution in [0.4, 0.5) is 0 Å². The van der Waals surface area contributed by atoms with Crippen molar-refractivity contribution in [3.63, 3.8) is 0 Å². The van der Waals surface area contributed by atoms with Gasteiger partial charge in [0.05, 0.1) is 9.79 Å². The maximum atomic E-state index is 13.7. The van der Waals surface area contributed by atoms with Gasteiger partial charge in [0.15, 0.2) is 0 Å². The van der Waals surface area contributed by atoms with Gasteiger partial charge >= 0.3 is 0 Å². The summed E-state index contributed by atoms with van der Waals surface area (Å²) in [4.78, 5) is 0.435. The second-order valence-corrected chi connectivity index (χ2v) is 12.8. The highest BCUT2D eigenvalue weighted by Crippen LogP contribution is 2.28. The van der Waals surface area contributed by atoms with Gasteiger partial charge in [-0.15, -0.1) is 5.73 Å². The zero-order chi connectivity index (χ0) is 25.7. The van der Waals surface area contributed by atoms with Crippen LogP contribution < -0.4 is 4.72 Å². The molecule has 0 aliphatic carbocycles. The number of hydrogen-bond acceptors (Lipinski definition) is 4. The lowest BCUT2D eigenvalue weighted by atomic mass is 10.1. The topological polar surface area (TPSA) is 83.6 Å². The molecular formula is C25H31BrN2O4S2. The third-order valence-electron chi connectivity index (χ3n) is 5.22. The van der Waals surface area contributed by atoms with Crippen LogP contribution in [0.15, 0.2) is 75.1 Å². The van der Waals surface area contributed by atoms with E-state index in [4.69, 9.17) is 0 Å². The molecule has 0 saturated heterocycles. The molecule has 0 aliphatic rings. The van der Waals surface area contributed by atoms with E-state index in [2.05, 4.69) is 33.0 Å². The van der Waals surface area contributed by atoms with Gasteiger partial charge in [-0.1, -0.05) is 64.0 Å². The minimum atomic E-state index is -3.87. The molecule has 0 saturated carbocycles. The van der Waals surface area contributed by atoms with Crippen LogP contribution in [0.1, 0.15) is 29.2 Å². The lowest BCUT2D eigenvalue weighted by Crippen LogP contribution is -2.39. The number of benzene rings is 2. The summed E-state index contributed by atoms with van der Waals surface area (Å²) in [6.07, 6.45) is 3.18. The molecule has 0 spiro atoms. The maximum Gasteiger partial charge on any atom is 0.244 e.